The number of pyridine rings is 1. The molecular formula is C14H12N2O. The van der Waals surface area contributed by atoms with Crippen LogP contribution < -0.4 is 4.74 Å². The summed E-state index contributed by atoms with van der Waals surface area (Å²) in [5.41, 5.74) is 2.74. The maximum Gasteiger partial charge on any atom is 0.119 e. The van der Waals surface area contributed by atoms with Gasteiger partial charge in [-0.15, -0.1) is 0 Å². The fraction of sp³-hybridized carbons (Fsp3) is 0.143. The second kappa shape index (κ2) is 5.13. The van der Waals surface area contributed by atoms with Crippen LogP contribution in [0.15, 0.2) is 42.6 Å². The number of nitrogens with zero attached hydrogens (tertiary/aromatic N) is 2. The average Bonchev–Trinajstić information content (AvgIpc) is 2.40. The van der Waals surface area contributed by atoms with Crippen molar-refractivity contribution >= 4 is 0 Å². The molecule has 1 heterocycles. The molecule has 3 heteroatoms. The van der Waals surface area contributed by atoms with E-state index in [1.165, 1.54) is 0 Å². The normalized spacial score (nSPS) is 9.65. The van der Waals surface area contributed by atoms with Crippen molar-refractivity contribution in [3.63, 3.8) is 0 Å². The molecule has 0 N–H and O–H groups in total. The topological polar surface area (TPSA) is 45.9 Å². The number of rotatable bonds is 3. The van der Waals surface area contributed by atoms with Crippen LogP contribution in [0, 0.1) is 11.3 Å². The van der Waals surface area contributed by atoms with E-state index in [1.807, 2.05) is 36.4 Å². The predicted octanol–water partition coefficient (Wildman–Crippen LogP) is 2.82. The molecule has 17 heavy (non-hydrogen) atoms. The fourth-order valence-electron chi connectivity index (χ4n) is 1.70. The van der Waals surface area contributed by atoms with Crippen molar-refractivity contribution in [2.24, 2.45) is 0 Å². The Morgan fingerprint density at radius 3 is 2.94 bits per heavy atom. The van der Waals surface area contributed by atoms with Gasteiger partial charge >= 0.3 is 0 Å². The zero-order chi connectivity index (χ0) is 12.1. The quantitative estimate of drug-likeness (QED) is 0.805. The van der Waals surface area contributed by atoms with Gasteiger partial charge in [0.25, 0.3) is 0 Å². The van der Waals surface area contributed by atoms with Gasteiger partial charge in [-0.25, -0.2) is 0 Å². The first-order valence-electron chi connectivity index (χ1n) is 5.30. The Kier molecular flexibility index (Phi) is 3.37. The van der Waals surface area contributed by atoms with E-state index >= 15 is 0 Å². The van der Waals surface area contributed by atoms with Crippen LogP contribution in [0.1, 0.15) is 5.56 Å². The smallest absolute Gasteiger partial charge is 0.119 e. The SMILES string of the molecule is COc1cccc(-c2ncccc2CC#N)c1. The highest BCUT2D eigenvalue weighted by molar-refractivity contribution is 5.65. The molecule has 0 fully saturated rings. The van der Waals surface area contributed by atoms with Crippen molar-refractivity contribution in [3.05, 3.63) is 48.2 Å². The molecule has 1 aromatic heterocycles. The van der Waals surface area contributed by atoms with E-state index in [0.29, 0.717) is 6.42 Å². The van der Waals surface area contributed by atoms with Crippen LogP contribution in [-0.4, -0.2) is 12.1 Å². The Morgan fingerprint density at radius 2 is 2.18 bits per heavy atom. The monoisotopic (exact) mass is 224 g/mol. The van der Waals surface area contributed by atoms with Crippen molar-refractivity contribution in [1.29, 1.82) is 5.26 Å². The van der Waals surface area contributed by atoms with Gasteiger partial charge in [-0.05, 0) is 23.8 Å². The number of nitriles is 1. The predicted molar refractivity (Wildman–Crippen MR) is 65.5 cm³/mol. The summed E-state index contributed by atoms with van der Waals surface area (Å²) in [5.74, 6) is 0.788. The zero-order valence-corrected chi connectivity index (χ0v) is 9.55. The van der Waals surface area contributed by atoms with Crippen molar-refractivity contribution in [3.8, 4) is 23.1 Å². The Bertz CT molecular complexity index is 558. The zero-order valence-electron chi connectivity index (χ0n) is 9.55. The summed E-state index contributed by atoms with van der Waals surface area (Å²) < 4.78 is 5.18. The Morgan fingerprint density at radius 1 is 1.29 bits per heavy atom. The minimum Gasteiger partial charge on any atom is -0.497 e. The van der Waals surface area contributed by atoms with Crippen LogP contribution >= 0.6 is 0 Å². The van der Waals surface area contributed by atoms with Crippen molar-refractivity contribution in [1.82, 2.24) is 4.98 Å². The summed E-state index contributed by atoms with van der Waals surface area (Å²) in [6.45, 7) is 0. The van der Waals surface area contributed by atoms with Gasteiger partial charge in [-0.2, -0.15) is 5.26 Å². The first-order valence-corrected chi connectivity index (χ1v) is 5.30. The van der Waals surface area contributed by atoms with E-state index in [2.05, 4.69) is 11.1 Å². The van der Waals surface area contributed by atoms with Gasteiger partial charge in [0, 0.05) is 11.8 Å². The van der Waals surface area contributed by atoms with E-state index < -0.39 is 0 Å². The lowest BCUT2D eigenvalue weighted by Gasteiger charge is -2.07. The van der Waals surface area contributed by atoms with Gasteiger partial charge in [-0.1, -0.05) is 18.2 Å². The first kappa shape index (κ1) is 11.2. The van der Waals surface area contributed by atoms with Gasteiger partial charge in [0.2, 0.25) is 0 Å². The Labute approximate surface area is 100 Å². The first-order chi connectivity index (χ1) is 8.35. The third-order valence-corrected chi connectivity index (χ3v) is 2.50. The molecule has 0 saturated carbocycles. The maximum absolute atomic E-state index is 8.79. The highest BCUT2D eigenvalue weighted by Crippen LogP contribution is 2.25. The van der Waals surface area contributed by atoms with Gasteiger partial charge < -0.3 is 4.74 Å². The molecule has 0 aliphatic carbocycles. The number of aromatic nitrogens is 1. The third kappa shape index (κ3) is 2.43. The second-order valence-corrected chi connectivity index (χ2v) is 3.58. The standard InChI is InChI=1S/C14H12N2O/c1-17-13-6-2-4-12(10-13)14-11(7-8-15)5-3-9-16-14/h2-6,9-10H,7H2,1H3. The highest BCUT2D eigenvalue weighted by Gasteiger charge is 2.06. The number of methoxy groups -OCH3 is 1. The molecule has 0 radical (unpaired) electrons. The van der Waals surface area contributed by atoms with Gasteiger partial charge in [0.1, 0.15) is 5.75 Å². The molecule has 0 saturated heterocycles. The Balaban J connectivity index is 2.48. The summed E-state index contributed by atoms with van der Waals surface area (Å²) in [7, 11) is 1.63. The van der Waals surface area contributed by atoms with Crippen LogP contribution in [0.4, 0.5) is 0 Å². The lowest BCUT2D eigenvalue weighted by molar-refractivity contribution is 0.415. The molecule has 0 atom stereocenters. The van der Waals surface area contributed by atoms with Crippen LogP contribution in [-0.2, 0) is 6.42 Å². The molecule has 0 bridgehead atoms. The van der Waals surface area contributed by atoms with Crippen molar-refractivity contribution in [2.75, 3.05) is 7.11 Å². The van der Waals surface area contributed by atoms with E-state index in [0.717, 1.165) is 22.6 Å². The summed E-state index contributed by atoms with van der Waals surface area (Å²) in [5, 5.41) is 8.79. The van der Waals surface area contributed by atoms with Gasteiger partial charge in [-0.3, -0.25) is 4.98 Å². The largest absolute Gasteiger partial charge is 0.497 e. The van der Waals surface area contributed by atoms with Crippen molar-refractivity contribution in [2.45, 2.75) is 6.42 Å². The van der Waals surface area contributed by atoms with E-state index in [1.54, 1.807) is 13.3 Å². The lowest BCUT2D eigenvalue weighted by atomic mass is 10.0. The lowest BCUT2D eigenvalue weighted by Crippen LogP contribution is -1.92. The third-order valence-electron chi connectivity index (χ3n) is 2.50. The van der Waals surface area contributed by atoms with E-state index in [4.69, 9.17) is 10.00 Å². The van der Waals surface area contributed by atoms with E-state index in [9.17, 15) is 0 Å². The number of benzene rings is 1. The molecule has 0 aliphatic rings. The number of hydrogen-bond donors (Lipinski definition) is 0. The Hall–Kier alpha value is -2.34. The molecule has 3 nitrogen and oxygen atoms in total. The summed E-state index contributed by atoms with van der Waals surface area (Å²) in [4.78, 5) is 4.34. The fourth-order valence-corrected chi connectivity index (χ4v) is 1.70. The van der Waals surface area contributed by atoms with Gasteiger partial charge in [0.05, 0.1) is 25.3 Å². The highest BCUT2D eigenvalue weighted by atomic mass is 16.5. The summed E-state index contributed by atoms with van der Waals surface area (Å²) in [6.07, 6.45) is 2.09. The van der Waals surface area contributed by atoms with Crippen molar-refractivity contribution < 1.29 is 4.74 Å². The van der Waals surface area contributed by atoms with Crippen LogP contribution in [0.2, 0.25) is 0 Å². The minimum atomic E-state index is 0.361. The van der Waals surface area contributed by atoms with E-state index in [-0.39, 0.29) is 0 Å². The molecule has 2 aromatic rings. The van der Waals surface area contributed by atoms with Crippen LogP contribution in [0.5, 0.6) is 5.75 Å². The number of hydrogen-bond acceptors (Lipinski definition) is 3. The maximum atomic E-state index is 8.79. The molecule has 1 aromatic carbocycles. The average molecular weight is 224 g/mol. The minimum absolute atomic E-state index is 0.361. The summed E-state index contributed by atoms with van der Waals surface area (Å²) >= 11 is 0. The molecule has 0 spiro atoms. The van der Waals surface area contributed by atoms with Gasteiger partial charge in [0.15, 0.2) is 0 Å². The molecular weight excluding hydrogens is 212 g/mol. The molecule has 0 unspecified atom stereocenters. The molecule has 84 valence electrons. The van der Waals surface area contributed by atoms with Crippen LogP contribution in [0.3, 0.4) is 0 Å². The molecule has 0 amide bonds. The van der Waals surface area contributed by atoms with Crippen LogP contribution in [0.25, 0.3) is 11.3 Å². The molecule has 0 aliphatic heterocycles. The second-order valence-electron chi connectivity index (χ2n) is 3.58. The molecule has 2 rings (SSSR count). The summed E-state index contributed by atoms with van der Waals surface area (Å²) in [6, 6.07) is 13.6. The number of ether oxygens (including phenoxy) is 1.